The average Bonchev–Trinajstić information content (AvgIpc) is 2.83. The Morgan fingerprint density at radius 3 is 2.74 bits per heavy atom. The van der Waals surface area contributed by atoms with Crippen molar-refractivity contribution in [3.05, 3.63) is 58.6 Å². The summed E-state index contributed by atoms with van der Waals surface area (Å²) in [6.07, 6.45) is 1.70. The van der Waals surface area contributed by atoms with E-state index >= 15 is 0 Å². The average molecular weight is 288 g/mol. The summed E-state index contributed by atoms with van der Waals surface area (Å²) in [6, 6.07) is 15.5. The first-order valence-electron chi connectivity index (χ1n) is 5.72. The molecule has 1 heterocycles. The normalized spacial score (nSPS) is 11.2. The van der Waals surface area contributed by atoms with Crippen molar-refractivity contribution in [3.63, 3.8) is 0 Å². The highest BCUT2D eigenvalue weighted by molar-refractivity contribution is 7.20. The van der Waals surface area contributed by atoms with E-state index in [1.807, 2.05) is 48.5 Å². The Morgan fingerprint density at radius 1 is 1.11 bits per heavy atom. The van der Waals surface area contributed by atoms with Crippen molar-refractivity contribution in [2.45, 2.75) is 0 Å². The van der Waals surface area contributed by atoms with Gasteiger partial charge in [-0.1, -0.05) is 35.9 Å². The lowest BCUT2D eigenvalue weighted by molar-refractivity contribution is 1.34. The van der Waals surface area contributed by atoms with E-state index in [0.717, 1.165) is 20.9 Å². The van der Waals surface area contributed by atoms with E-state index < -0.39 is 0 Å². The molecule has 19 heavy (non-hydrogen) atoms. The molecule has 0 aliphatic rings. The van der Waals surface area contributed by atoms with Crippen molar-refractivity contribution in [2.24, 2.45) is 5.10 Å². The number of rotatable bonds is 3. The van der Waals surface area contributed by atoms with Gasteiger partial charge in [0.1, 0.15) is 5.01 Å². The van der Waals surface area contributed by atoms with Gasteiger partial charge in [0.2, 0.25) is 0 Å². The number of nitrogens with one attached hydrogen (secondary N) is 1. The zero-order valence-electron chi connectivity index (χ0n) is 9.88. The number of halogens is 1. The number of nitrogens with zero attached hydrogens (tertiary/aromatic N) is 2. The second-order valence-electron chi connectivity index (χ2n) is 3.87. The van der Waals surface area contributed by atoms with Crippen LogP contribution >= 0.6 is 22.9 Å². The van der Waals surface area contributed by atoms with Crippen molar-refractivity contribution < 1.29 is 0 Å². The predicted octanol–water partition coefficient (Wildman–Crippen LogP) is 4.40. The first-order chi connectivity index (χ1) is 9.33. The van der Waals surface area contributed by atoms with E-state index in [-0.39, 0.29) is 0 Å². The van der Waals surface area contributed by atoms with Gasteiger partial charge in [-0.2, -0.15) is 5.10 Å². The van der Waals surface area contributed by atoms with Crippen molar-refractivity contribution >= 4 is 45.1 Å². The van der Waals surface area contributed by atoms with Gasteiger partial charge in [-0.15, -0.1) is 11.3 Å². The van der Waals surface area contributed by atoms with Crippen LogP contribution in [0.2, 0.25) is 5.02 Å². The number of thiazole rings is 1. The van der Waals surface area contributed by atoms with E-state index in [2.05, 4.69) is 15.5 Å². The maximum Gasteiger partial charge on any atom is 0.137 e. The summed E-state index contributed by atoms with van der Waals surface area (Å²) >= 11 is 7.62. The third kappa shape index (κ3) is 2.75. The SMILES string of the molecule is Clc1ccccc1NN=Cc1nc2ccccc2s1. The number of benzene rings is 2. The van der Waals surface area contributed by atoms with E-state index in [9.17, 15) is 0 Å². The van der Waals surface area contributed by atoms with Crippen LogP contribution in [0.5, 0.6) is 0 Å². The molecule has 0 fully saturated rings. The van der Waals surface area contributed by atoms with Crippen LogP contribution in [0.4, 0.5) is 5.69 Å². The lowest BCUT2D eigenvalue weighted by atomic mass is 10.3. The monoisotopic (exact) mass is 287 g/mol. The Balaban J connectivity index is 1.78. The minimum Gasteiger partial charge on any atom is -0.277 e. The van der Waals surface area contributed by atoms with Gasteiger partial charge in [0, 0.05) is 0 Å². The summed E-state index contributed by atoms with van der Waals surface area (Å²) in [7, 11) is 0. The number of para-hydroxylation sites is 2. The maximum atomic E-state index is 6.02. The van der Waals surface area contributed by atoms with Crippen LogP contribution < -0.4 is 5.43 Å². The molecule has 0 saturated heterocycles. The summed E-state index contributed by atoms with van der Waals surface area (Å²) in [6.45, 7) is 0. The molecule has 94 valence electrons. The molecule has 0 unspecified atom stereocenters. The van der Waals surface area contributed by atoms with E-state index in [1.54, 1.807) is 17.6 Å². The fourth-order valence-corrected chi connectivity index (χ4v) is 2.67. The molecule has 3 nitrogen and oxygen atoms in total. The molecule has 0 atom stereocenters. The molecule has 0 spiro atoms. The first-order valence-corrected chi connectivity index (χ1v) is 6.91. The molecule has 3 rings (SSSR count). The molecule has 5 heteroatoms. The standard InChI is InChI=1S/C14H10ClN3S/c15-10-5-1-2-6-11(10)18-16-9-14-17-12-7-3-4-8-13(12)19-14/h1-9,18H. The Bertz CT molecular complexity index is 703. The zero-order chi connectivity index (χ0) is 13.1. The van der Waals surface area contributed by atoms with E-state index in [0.29, 0.717) is 5.02 Å². The molecule has 3 aromatic rings. The number of hydrogen-bond acceptors (Lipinski definition) is 4. The molecular weight excluding hydrogens is 278 g/mol. The molecule has 0 radical (unpaired) electrons. The van der Waals surface area contributed by atoms with Gasteiger partial charge in [-0.3, -0.25) is 5.43 Å². The van der Waals surface area contributed by atoms with Crippen molar-refractivity contribution in [1.29, 1.82) is 0 Å². The second kappa shape index (κ2) is 5.38. The van der Waals surface area contributed by atoms with Crippen LogP contribution in [0, 0.1) is 0 Å². The lowest BCUT2D eigenvalue weighted by Crippen LogP contribution is -1.90. The summed E-state index contributed by atoms with van der Waals surface area (Å²) in [5.74, 6) is 0. The van der Waals surface area contributed by atoms with Gasteiger partial charge in [-0.05, 0) is 24.3 Å². The van der Waals surface area contributed by atoms with Gasteiger partial charge in [-0.25, -0.2) is 4.98 Å². The summed E-state index contributed by atoms with van der Waals surface area (Å²) in [5, 5.41) is 5.66. The third-order valence-corrected chi connectivity index (χ3v) is 3.84. The van der Waals surface area contributed by atoms with Crippen LogP contribution in [-0.2, 0) is 0 Å². The number of hydrazone groups is 1. The molecule has 0 aliphatic heterocycles. The highest BCUT2D eigenvalue weighted by Crippen LogP contribution is 2.21. The topological polar surface area (TPSA) is 37.3 Å². The van der Waals surface area contributed by atoms with Crippen LogP contribution in [0.25, 0.3) is 10.2 Å². The van der Waals surface area contributed by atoms with Gasteiger partial charge in [0.05, 0.1) is 27.1 Å². The predicted molar refractivity (Wildman–Crippen MR) is 82.3 cm³/mol. The Hall–Kier alpha value is -1.91. The third-order valence-electron chi connectivity index (χ3n) is 2.54. The molecule has 1 aromatic heterocycles. The minimum absolute atomic E-state index is 0.643. The molecule has 0 amide bonds. The Labute approximate surface area is 119 Å². The fraction of sp³-hybridized carbons (Fsp3) is 0. The Kier molecular flexibility index (Phi) is 3.44. The first kappa shape index (κ1) is 12.1. The van der Waals surface area contributed by atoms with Gasteiger partial charge < -0.3 is 0 Å². The van der Waals surface area contributed by atoms with Crippen LogP contribution in [-0.4, -0.2) is 11.2 Å². The number of aromatic nitrogens is 1. The van der Waals surface area contributed by atoms with Crippen LogP contribution in [0.1, 0.15) is 5.01 Å². The largest absolute Gasteiger partial charge is 0.277 e. The molecular formula is C14H10ClN3S. The Morgan fingerprint density at radius 2 is 1.89 bits per heavy atom. The van der Waals surface area contributed by atoms with Crippen LogP contribution in [0.15, 0.2) is 53.6 Å². The number of anilines is 1. The molecule has 1 N–H and O–H groups in total. The quantitative estimate of drug-likeness (QED) is 0.573. The van der Waals surface area contributed by atoms with E-state index in [1.165, 1.54) is 0 Å². The van der Waals surface area contributed by atoms with Crippen molar-refractivity contribution in [1.82, 2.24) is 4.98 Å². The lowest BCUT2D eigenvalue weighted by Gasteiger charge is -2.00. The fourth-order valence-electron chi connectivity index (χ4n) is 1.65. The van der Waals surface area contributed by atoms with Crippen LogP contribution in [0.3, 0.4) is 0 Å². The van der Waals surface area contributed by atoms with Gasteiger partial charge >= 0.3 is 0 Å². The summed E-state index contributed by atoms with van der Waals surface area (Å²) in [4.78, 5) is 4.46. The smallest absolute Gasteiger partial charge is 0.137 e. The minimum atomic E-state index is 0.643. The van der Waals surface area contributed by atoms with Crippen molar-refractivity contribution in [3.8, 4) is 0 Å². The summed E-state index contributed by atoms with van der Waals surface area (Å²) < 4.78 is 1.15. The second-order valence-corrected chi connectivity index (χ2v) is 5.34. The van der Waals surface area contributed by atoms with Gasteiger partial charge in [0.15, 0.2) is 0 Å². The molecule has 0 aliphatic carbocycles. The highest BCUT2D eigenvalue weighted by Gasteiger charge is 2.00. The molecule has 0 bridgehead atoms. The zero-order valence-corrected chi connectivity index (χ0v) is 11.4. The number of fused-ring (bicyclic) bond motifs is 1. The maximum absolute atomic E-state index is 6.02. The molecule has 2 aromatic carbocycles. The molecule has 0 saturated carbocycles. The van der Waals surface area contributed by atoms with Gasteiger partial charge in [0.25, 0.3) is 0 Å². The highest BCUT2D eigenvalue weighted by atomic mass is 35.5. The summed E-state index contributed by atoms with van der Waals surface area (Å²) in [5.41, 5.74) is 4.68. The number of hydrogen-bond donors (Lipinski definition) is 1. The van der Waals surface area contributed by atoms with E-state index in [4.69, 9.17) is 11.6 Å². The van der Waals surface area contributed by atoms with Crippen molar-refractivity contribution in [2.75, 3.05) is 5.43 Å².